The molecule has 20 heavy (non-hydrogen) atoms. The van der Waals surface area contributed by atoms with Gasteiger partial charge in [-0.3, -0.25) is 9.69 Å². The van der Waals surface area contributed by atoms with Gasteiger partial charge < -0.3 is 11.1 Å². The average Bonchev–Trinajstić information content (AvgIpc) is 2.37. The van der Waals surface area contributed by atoms with Gasteiger partial charge in [0.15, 0.2) is 0 Å². The minimum atomic E-state index is -0.820. The van der Waals surface area contributed by atoms with Crippen molar-refractivity contribution in [2.75, 3.05) is 26.2 Å². The van der Waals surface area contributed by atoms with Crippen LogP contribution in [0.1, 0.15) is 41.5 Å². The highest BCUT2D eigenvalue weighted by Crippen LogP contribution is 2.16. The zero-order chi connectivity index (χ0) is 16.0. The summed E-state index contributed by atoms with van der Waals surface area (Å²) in [5, 5.41) is 12.1. The van der Waals surface area contributed by atoms with E-state index < -0.39 is 5.54 Å². The number of carbonyl (C=O) groups is 1. The van der Waals surface area contributed by atoms with E-state index in [-0.39, 0.29) is 17.2 Å². The molecule has 0 saturated carbocycles. The number of rotatable bonds is 8. The lowest BCUT2D eigenvalue weighted by Gasteiger charge is -2.32. The first-order valence-corrected chi connectivity index (χ1v) is 7.25. The topological polar surface area (TPSA) is 82.2 Å². The van der Waals surface area contributed by atoms with E-state index in [4.69, 9.17) is 5.73 Å². The molecule has 0 saturated heterocycles. The third-order valence-corrected chi connectivity index (χ3v) is 3.80. The summed E-state index contributed by atoms with van der Waals surface area (Å²) < 4.78 is 0. The summed E-state index contributed by atoms with van der Waals surface area (Å²) >= 11 is 0. The molecule has 0 aliphatic heterocycles. The lowest BCUT2D eigenvalue weighted by molar-refractivity contribution is -0.124. The normalized spacial score (nSPS) is 15.0. The van der Waals surface area contributed by atoms with E-state index in [0.29, 0.717) is 13.1 Å². The number of amides is 1. The van der Waals surface area contributed by atoms with Crippen molar-refractivity contribution in [3.05, 3.63) is 0 Å². The number of nitrogens with one attached hydrogen (secondary N) is 1. The fourth-order valence-corrected chi connectivity index (χ4v) is 1.78. The second-order valence-electron chi connectivity index (χ2n) is 6.69. The summed E-state index contributed by atoms with van der Waals surface area (Å²) in [6.07, 6.45) is 0. The van der Waals surface area contributed by atoms with Gasteiger partial charge in [-0.1, -0.05) is 34.6 Å². The molecule has 0 fully saturated rings. The van der Waals surface area contributed by atoms with Crippen molar-refractivity contribution in [2.24, 2.45) is 17.1 Å². The summed E-state index contributed by atoms with van der Waals surface area (Å²) in [7, 11) is 0. The molecular formula is C15H30N4O. The molecule has 5 heteroatoms. The Kier molecular flexibility index (Phi) is 7.18. The van der Waals surface area contributed by atoms with Crippen molar-refractivity contribution < 1.29 is 4.79 Å². The van der Waals surface area contributed by atoms with Gasteiger partial charge in [0.05, 0.1) is 12.6 Å². The average molecular weight is 282 g/mol. The van der Waals surface area contributed by atoms with Gasteiger partial charge in [-0.15, -0.1) is 0 Å². The van der Waals surface area contributed by atoms with Crippen LogP contribution in [0, 0.1) is 22.7 Å². The molecule has 1 unspecified atom stereocenters. The zero-order valence-corrected chi connectivity index (χ0v) is 13.8. The monoisotopic (exact) mass is 282 g/mol. The van der Waals surface area contributed by atoms with Gasteiger partial charge in [-0.05, 0) is 31.3 Å². The van der Waals surface area contributed by atoms with Gasteiger partial charge in [-0.25, -0.2) is 0 Å². The van der Waals surface area contributed by atoms with Crippen molar-refractivity contribution in [2.45, 2.75) is 47.1 Å². The number of likely N-dealkylation sites (N-methyl/N-ethyl adjacent to an activating group) is 1. The number of nitriles is 1. The van der Waals surface area contributed by atoms with E-state index in [1.807, 2.05) is 20.8 Å². The second kappa shape index (κ2) is 7.61. The van der Waals surface area contributed by atoms with Crippen LogP contribution in [0.2, 0.25) is 0 Å². The Bertz CT molecular complexity index is 359. The highest BCUT2D eigenvalue weighted by molar-refractivity contribution is 5.79. The van der Waals surface area contributed by atoms with Gasteiger partial charge in [0.2, 0.25) is 5.91 Å². The molecule has 1 amide bonds. The van der Waals surface area contributed by atoms with Gasteiger partial charge in [0, 0.05) is 6.54 Å². The molecule has 0 aliphatic rings. The number of nitrogens with zero attached hydrogens (tertiary/aromatic N) is 2. The SMILES string of the molecule is CCN(CC(=O)NC(C)(C#N)C(C)C)CC(C)(C)CN. The fraction of sp³-hybridized carbons (Fsp3) is 0.867. The molecular weight excluding hydrogens is 252 g/mol. The molecule has 0 radical (unpaired) electrons. The van der Waals surface area contributed by atoms with E-state index in [1.165, 1.54) is 0 Å². The molecule has 0 aliphatic carbocycles. The minimum absolute atomic E-state index is 0.0210. The minimum Gasteiger partial charge on any atom is -0.337 e. The Labute approximate surface area is 123 Å². The summed E-state index contributed by atoms with van der Waals surface area (Å²) in [6.45, 7) is 14.2. The lowest BCUT2D eigenvalue weighted by atomic mass is 9.90. The van der Waals surface area contributed by atoms with Gasteiger partial charge in [-0.2, -0.15) is 5.26 Å². The van der Waals surface area contributed by atoms with Crippen LogP contribution >= 0.6 is 0 Å². The van der Waals surface area contributed by atoms with Gasteiger partial charge in [0.25, 0.3) is 0 Å². The van der Waals surface area contributed by atoms with Crippen molar-refractivity contribution in [1.82, 2.24) is 10.2 Å². The van der Waals surface area contributed by atoms with Crippen LogP contribution in [0.4, 0.5) is 0 Å². The summed E-state index contributed by atoms with van der Waals surface area (Å²) in [6, 6.07) is 2.19. The second-order valence-corrected chi connectivity index (χ2v) is 6.69. The zero-order valence-electron chi connectivity index (χ0n) is 13.8. The number of hydrogen-bond donors (Lipinski definition) is 2. The predicted molar refractivity (Wildman–Crippen MR) is 81.9 cm³/mol. The third-order valence-electron chi connectivity index (χ3n) is 3.80. The van der Waals surface area contributed by atoms with E-state index in [0.717, 1.165) is 13.1 Å². The maximum absolute atomic E-state index is 12.1. The molecule has 0 aromatic heterocycles. The Hall–Kier alpha value is -1.12. The van der Waals surface area contributed by atoms with E-state index in [1.54, 1.807) is 6.92 Å². The summed E-state index contributed by atoms with van der Waals surface area (Å²) in [4.78, 5) is 14.2. The third kappa shape index (κ3) is 5.89. The highest BCUT2D eigenvalue weighted by atomic mass is 16.2. The number of hydrogen-bond acceptors (Lipinski definition) is 4. The van der Waals surface area contributed by atoms with Crippen LogP contribution in [0.15, 0.2) is 0 Å². The van der Waals surface area contributed by atoms with Crippen molar-refractivity contribution in [1.29, 1.82) is 5.26 Å². The predicted octanol–water partition coefficient (Wildman–Crippen LogP) is 1.35. The molecule has 0 rings (SSSR count). The summed E-state index contributed by atoms with van der Waals surface area (Å²) in [5.74, 6) is -0.0515. The quantitative estimate of drug-likeness (QED) is 0.704. The molecule has 0 bridgehead atoms. The first kappa shape index (κ1) is 18.9. The first-order valence-electron chi connectivity index (χ1n) is 7.25. The molecule has 1 atom stereocenters. The van der Waals surface area contributed by atoms with Gasteiger partial charge in [0.1, 0.15) is 5.54 Å². The molecule has 0 heterocycles. The van der Waals surface area contributed by atoms with Crippen molar-refractivity contribution in [3.8, 4) is 6.07 Å². The maximum atomic E-state index is 12.1. The van der Waals surface area contributed by atoms with Crippen LogP contribution in [-0.2, 0) is 4.79 Å². The first-order chi connectivity index (χ1) is 9.10. The fourth-order valence-electron chi connectivity index (χ4n) is 1.78. The standard InChI is InChI=1S/C15H30N4O/c1-7-19(11-14(4,5)9-16)8-13(20)18-15(6,10-17)12(2)3/h12H,7-9,11,16H2,1-6H3,(H,18,20). The molecule has 5 nitrogen and oxygen atoms in total. The van der Waals surface area contributed by atoms with Gasteiger partial charge >= 0.3 is 0 Å². The van der Waals surface area contributed by atoms with Crippen LogP contribution in [0.3, 0.4) is 0 Å². The van der Waals surface area contributed by atoms with Crippen molar-refractivity contribution in [3.63, 3.8) is 0 Å². The van der Waals surface area contributed by atoms with E-state index in [9.17, 15) is 10.1 Å². The molecule has 0 spiro atoms. The number of carbonyl (C=O) groups excluding carboxylic acids is 1. The number of nitrogens with two attached hydrogens (primary N) is 1. The molecule has 0 aromatic carbocycles. The Morgan fingerprint density at radius 3 is 2.30 bits per heavy atom. The highest BCUT2D eigenvalue weighted by Gasteiger charge is 2.30. The van der Waals surface area contributed by atoms with Crippen molar-refractivity contribution >= 4 is 5.91 Å². The summed E-state index contributed by atoms with van der Waals surface area (Å²) in [5.41, 5.74) is 4.89. The van der Waals surface area contributed by atoms with Crippen LogP contribution in [-0.4, -0.2) is 42.5 Å². The van der Waals surface area contributed by atoms with E-state index >= 15 is 0 Å². The van der Waals surface area contributed by atoms with Crippen LogP contribution in [0.25, 0.3) is 0 Å². The lowest BCUT2D eigenvalue weighted by Crippen LogP contribution is -2.52. The Balaban J connectivity index is 4.62. The van der Waals surface area contributed by atoms with Crippen LogP contribution in [0.5, 0.6) is 0 Å². The Morgan fingerprint density at radius 2 is 1.95 bits per heavy atom. The Morgan fingerprint density at radius 1 is 1.40 bits per heavy atom. The molecule has 3 N–H and O–H groups in total. The van der Waals surface area contributed by atoms with E-state index in [2.05, 4.69) is 30.1 Å². The maximum Gasteiger partial charge on any atom is 0.235 e. The van der Waals surface area contributed by atoms with Crippen LogP contribution < -0.4 is 11.1 Å². The molecule has 116 valence electrons. The molecule has 0 aromatic rings. The smallest absolute Gasteiger partial charge is 0.235 e. The largest absolute Gasteiger partial charge is 0.337 e.